The molecule has 0 aliphatic carbocycles. The van der Waals surface area contributed by atoms with Gasteiger partial charge in [-0.3, -0.25) is 4.79 Å². The zero-order valence-corrected chi connectivity index (χ0v) is 10.0. The molecule has 0 aliphatic heterocycles. The van der Waals surface area contributed by atoms with Gasteiger partial charge in [0.25, 0.3) is 0 Å². The second-order valence-corrected chi connectivity index (χ2v) is 3.93. The Kier molecular flexibility index (Phi) is 4.38. The first-order valence-electron chi connectivity index (χ1n) is 4.82. The fraction of sp³-hybridized carbons (Fsp3) is 0.250. The predicted octanol–water partition coefficient (Wildman–Crippen LogP) is 2.89. The standard InChI is InChI=1S/C12H14ClNO2/c1-8(6-12(15)16-2)5-9-7-10(14)3-4-11(9)13/h3-5,7H,6,14H2,1-2H3/b8-5+. The molecule has 2 N–H and O–H groups in total. The molecule has 0 atom stereocenters. The molecule has 0 bridgehead atoms. The highest BCUT2D eigenvalue weighted by Crippen LogP contribution is 2.22. The number of esters is 1. The van der Waals surface area contributed by atoms with Gasteiger partial charge in [-0.1, -0.05) is 23.3 Å². The van der Waals surface area contributed by atoms with Crippen LogP contribution in [0.1, 0.15) is 18.9 Å². The summed E-state index contributed by atoms with van der Waals surface area (Å²) in [6.07, 6.45) is 2.08. The van der Waals surface area contributed by atoms with Gasteiger partial charge in [0.2, 0.25) is 0 Å². The lowest BCUT2D eigenvalue weighted by Crippen LogP contribution is -2.00. The highest BCUT2D eigenvalue weighted by atomic mass is 35.5. The molecule has 0 unspecified atom stereocenters. The average molecular weight is 240 g/mol. The summed E-state index contributed by atoms with van der Waals surface area (Å²) in [5.74, 6) is -0.270. The van der Waals surface area contributed by atoms with Crippen molar-refractivity contribution in [3.8, 4) is 0 Å². The van der Waals surface area contributed by atoms with E-state index in [1.54, 1.807) is 18.2 Å². The summed E-state index contributed by atoms with van der Waals surface area (Å²) in [6, 6.07) is 5.23. The van der Waals surface area contributed by atoms with Crippen LogP contribution in [0.25, 0.3) is 6.08 Å². The van der Waals surface area contributed by atoms with Crippen molar-refractivity contribution in [2.45, 2.75) is 13.3 Å². The number of nitrogen functional groups attached to an aromatic ring is 1. The maximum atomic E-state index is 11.0. The zero-order chi connectivity index (χ0) is 12.1. The van der Waals surface area contributed by atoms with E-state index >= 15 is 0 Å². The van der Waals surface area contributed by atoms with Crippen LogP contribution in [0, 0.1) is 0 Å². The van der Waals surface area contributed by atoms with E-state index in [-0.39, 0.29) is 12.4 Å². The molecule has 0 aromatic heterocycles. The zero-order valence-electron chi connectivity index (χ0n) is 9.29. The van der Waals surface area contributed by atoms with Gasteiger partial charge in [0.05, 0.1) is 13.5 Å². The molecule has 1 aromatic rings. The minimum atomic E-state index is -0.270. The maximum Gasteiger partial charge on any atom is 0.309 e. The maximum absolute atomic E-state index is 11.0. The van der Waals surface area contributed by atoms with Crippen molar-refractivity contribution in [1.29, 1.82) is 0 Å². The van der Waals surface area contributed by atoms with Crippen LogP contribution in [0.3, 0.4) is 0 Å². The van der Waals surface area contributed by atoms with Crippen LogP contribution in [0.2, 0.25) is 5.02 Å². The molecule has 4 heteroatoms. The van der Waals surface area contributed by atoms with Gasteiger partial charge < -0.3 is 10.5 Å². The quantitative estimate of drug-likeness (QED) is 0.652. The third-order valence-corrected chi connectivity index (χ3v) is 2.42. The predicted molar refractivity (Wildman–Crippen MR) is 66.1 cm³/mol. The van der Waals surface area contributed by atoms with Crippen molar-refractivity contribution in [3.63, 3.8) is 0 Å². The van der Waals surface area contributed by atoms with Crippen molar-refractivity contribution in [1.82, 2.24) is 0 Å². The second kappa shape index (κ2) is 5.56. The normalized spacial score (nSPS) is 11.3. The summed E-state index contributed by atoms with van der Waals surface area (Å²) in [5.41, 5.74) is 7.97. The first-order valence-corrected chi connectivity index (χ1v) is 5.19. The third-order valence-electron chi connectivity index (χ3n) is 2.07. The molecule has 0 heterocycles. The summed E-state index contributed by atoms with van der Waals surface area (Å²) in [6.45, 7) is 1.84. The van der Waals surface area contributed by atoms with Gasteiger partial charge >= 0.3 is 5.97 Å². The van der Waals surface area contributed by atoms with E-state index < -0.39 is 0 Å². The van der Waals surface area contributed by atoms with Gasteiger partial charge in [0, 0.05) is 10.7 Å². The fourth-order valence-corrected chi connectivity index (χ4v) is 1.46. The van der Waals surface area contributed by atoms with Gasteiger partial charge in [0.15, 0.2) is 0 Å². The molecule has 0 spiro atoms. The topological polar surface area (TPSA) is 52.3 Å². The van der Waals surface area contributed by atoms with Gasteiger partial charge in [-0.25, -0.2) is 0 Å². The Morgan fingerprint density at radius 2 is 2.25 bits per heavy atom. The lowest BCUT2D eigenvalue weighted by atomic mass is 10.1. The van der Waals surface area contributed by atoms with Crippen molar-refractivity contribution in [3.05, 3.63) is 34.4 Å². The summed E-state index contributed by atoms with van der Waals surface area (Å²) < 4.78 is 4.58. The van der Waals surface area contributed by atoms with Crippen LogP contribution in [0.15, 0.2) is 23.8 Å². The van der Waals surface area contributed by atoms with E-state index in [0.29, 0.717) is 10.7 Å². The Morgan fingerprint density at radius 1 is 1.56 bits per heavy atom. The minimum absolute atomic E-state index is 0.252. The molecule has 3 nitrogen and oxygen atoms in total. The molecule has 0 aliphatic rings. The number of carbonyl (C=O) groups excluding carboxylic acids is 1. The van der Waals surface area contributed by atoms with E-state index in [4.69, 9.17) is 17.3 Å². The number of rotatable bonds is 3. The van der Waals surface area contributed by atoms with E-state index in [9.17, 15) is 4.79 Å². The Bertz CT molecular complexity index is 427. The monoisotopic (exact) mass is 239 g/mol. The number of halogens is 1. The number of nitrogens with two attached hydrogens (primary N) is 1. The van der Waals surface area contributed by atoms with Crippen molar-refractivity contribution in [2.75, 3.05) is 12.8 Å². The van der Waals surface area contributed by atoms with Gasteiger partial charge in [-0.05, 0) is 30.7 Å². The number of hydrogen-bond donors (Lipinski definition) is 1. The number of carbonyl (C=O) groups is 1. The van der Waals surface area contributed by atoms with Crippen LogP contribution in [0.5, 0.6) is 0 Å². The molecule has 0 fully saturated rings. The summed E-state index contributed by atoms with van der Waals surface area (Å²) >= 11 is 5.99. The molecule has 16 heavy (non-hydrogen) atoms. The molecule has 0 radical (unpaired) electrons. The molecular weight excluding hydrogens is 226 g/mol. The molecule has 0 amide bonds. The fourth-order valence-electron chi connectivity index (χ4n) is 1.29. The molecule has 0 saturated heterocycles. The van der Waals surface area contributed by atoms with E-state index in [0.717, 1.165) is 11.1 Å². The van der Waals surface area contributed by atoms with Crippen molar-refractivity contribution >= 4 is 29.3 Å². The van der Waals surface area contributed by atoms with Crippen LogP contribution in [-0.4, -0.2) is 13.1 Å². The first-order chi connectivity index (χ1) is 7.52. The number of benzene rings is 1. The SMILES string of the molecule is COC(=O)C/C(C)=C/c1cc(N)ccc1Cl. The van der Waals surface area contributed by atoms with Crippen LogP contribution in [0.4, 0.5) is 5.69 Å². The number of methoxy groups -OCH3 is 1. The molecular formula is C12H14ClNO2. The van der Waals surface area contributed by atoms with Crippen LogP contribution >= 0.6 is 11.6 Å². The van der Waals surface area contributed by atoms with Crippen molar-refractivity contribution < 1.29 is 9.53 Å². The number of hydrogen-bond acceptors (Lipinski definition) is 3. The molecule has 1 aromatic carbocycles. The average Bonchev–Trinajstić information content (AvgIpc) is 2.23. The van der Waals surface area contributed by atoms with Crippen molar-refractivity contribution in [2.24, 2.45) is 0 Å². The van der Waals surface area contributed by atoms with Gasteiger partial charge in [-0.15, -0.1) is 0 Å². The summed E-state index contributed by atoms with van der Waals surface area (Å²) in [4.78, 5) is 11.0. The van der Waals surface area contributed by atoms with Gasteiger partial charge in [0.1, 0.15) is 0 Å². The third kappa shape index (κ3) is 3.59. The van der Waals surface area contributed by atoms with E-state index in [1.807, 2.05) is 13.0 Å². The molecule has 86 valence electrons. The molecule has 1 rings (SSSR count). The Hall–Kier alpha value is -1.48. The Labute approximate surface area is 99.8 Å². The highest BCUT2D eigenvalue weighted by molar-refractivity contribution is 6.32. The summed E-state index contributed by atoms with van der Waals surface area (Å²) in [5, 5.41) is 0.610. The second-order valence-electron chi connectivity index (χ2n) is 3.52. The number of anilines is 1. The molecule has 0 saturated carbocycles. The lowest BCUT2D eigenvalue weighted by molar-refractivity contribution is -0.139. The van der Waals surface area contributed by atoms with Crippen LogP contribution < -0.4 is 5.73 Å². The van der Waals surface area contributed by atoms with Gasteiger partial charge in [-0.2, -0.15) is 0 Å². The first kappa shape index (κ1) is 12.6. The summed E-state index contributed by atoms with van der Waals surface area (Å²) in [7, 11) is 1.36. The largest absolute Gasteiger partial charge is 0.469 e. The smallest absolute Gasteiger partial charge is 0.309 e. The minimum Gasteiger partial charge on any atom is -0.469 e. The Morgan fingerprint density at radius 3 is 2.88 bits per heavy atom. The van der Waals surface area contributed by atoms with E-state index in [2.05, 4.69) is 4.74 Å². The van der Waals surface area contributed by atoms with Crippen LogP contribution in [-0.2, 0) is 9.53 Å². The number of ether oxygens (including phenoxy) is 1. The Balaban J connectivity index is 2.89. The van der Waals surface area contributed by atoms with E-state index in [1.165, 1.54) is 7.11 Å². The highest BCUT2D eigenvalue weighted by Gasteiger charge is 2.03. The lowest BCUT2D eigenvalue weighted by Gasteiger charge is -2.03.